The van der Waals surface area contributed by atoms with Crippen molar-refractivity contribution in [2.45, 2.75) is 13.5 Å². The molecule has 6 heteroatoms. The fourth-order valence-corrected chi connectivity index (χ4v) is 3.84. The molecule has 3 rings (SSSR count). The average molecular weight is 336 g/mol. The summed E-state index contributed by atoms with van der Waals surface area (Å²) in [6.45, 7) is 3.13. The molecule has 0 saturated heterocycles. The number of rotatable bonds is 4. The Morgan fingerprint density at radius 1 is 1.23 bits per heavy atom. The van der Waals surface area contributed by atoms with E-state index < -0.39 is 11.7 Å². The third kappa shape index (κ3) is 2.79. The van der Waals surface area contributed by atoms with E-state index in [1.165, 1.54) is 11.3 Å². The normalized spacial score (nSPS) is 15.3. The van der Waals surface area contributed by atoms with Gasteiger partial charge in [-0.15, -0.1) is 11.3 Å². The molecule has 1 atom stereocenters. The van der Waals surface area contributed by atoms with Crippen LogP contribution in [0.15, 0.2) is 30.3 Å². The van der Waals surface area contributed by atoms with Gasteiger partial charge in [-0.2, -0.15) is 0 Å². The minimum Gasteiger partial charge on any atom is -0.315 e. The molecule has 2 aromatic rings. The summed E-state index contributed by atoms with van der Waals surface area (Å²) in [6, 6.07) is 9.42. The molecule has 1 unspecified atom stereocenters. The number of carbonyl (C=O) groups is 2. The summed E-state index contributed by atoms with van der Waals surface area (Å²) in [7, 11) is 2.00. The highest BCUT2D eigenvalue weighted by molar-refractivity contribution is 7.16. The van der Waals surface area contributed by atoms with Crippen LogP contribution in [-0.2, 0) is 11.3 Å². The summed E-state index contributed by atoms with van der Waals surface area (Å²) < 4.78 is 0.760. The zero-order valence-corrected chi connectivity index (χ0v) is 13.9. The Labute approximate surface area is 137 Å². The molecule has 4 nitrogen and oxygen atoms in total. The molecule has 0 spiro atoms. The SMILES string of the molecule is Cc1ccc2c(c1)C(=O)C(=O)N2C[NH+](C)Cc1ccc(Cl)s1. The second-order valence-corrected chi connectivity index (χ2v) is 7.38. The van der Waals surface area contributed by atoms with E-state index in [2.05, 4.69) is 0 Å². The molecule has 1 N–H and O–H groups in total. The lowest BCUT2D eigenvalue weighted by Crippen LogP contribution is -3.09. The van der Waals surface area contributed by atoms with Gasteiger partial charge in [-0.1, -0.05) is 23.2 Å². The smallest absolute Gasteiger partial charge is 0.303 e. The highest BCUT2D eigenvalue weighted by atomic mass is 35.5. The van der Waals surface area contributed by atoms with E-state index in [-0.39, 0.29) is 0 Å². The molecule has 1 aliphatic heterocycles. The fraction of sp³-hybridized carbons (Fsp3) is 0.250. The molecule has 1 aliphatic rings. The molecule has 0 radical (unpaired) electrons. The fourth-order valence-electron chi connectivity index (χ4n) is 2.64. The molecular formula is C16H16ClN2O2S+. The van der Waals surface area contributed by atoms with Crippen LogP contribution in [0.1, 0.15) is 20.8 Å². The highest BCUT2D eigenvalue weighted by Crippen LogP contribution is 2.28. The molecule has 1 aromatic carbocycles. The molecule has 2 heterocycles. The number of hydrogen-bond donors (Lipinski definition) is 1. The number of aryl methyl sites for hydroxylation is 1. The van der Waals surface area contributed by atoms with Gasteiger partial charge in [0, 0.05) is 0 Å². The lowest BCUT2D eigenvalue weighted by molar-refractivity contribution is -0.892. The Hall–Kier alpha value is -1.69. The van der Waals surface area contributed by atoms with Crippen molar-refractivity contribution in [3.05, 3.63) is 50.7 Å². The molecule has 0 fully saturated rings. The van der Waals surface area contributed by atoms with E-state index in [1.54, 1.807) is 11.0 Å². The third-order valence-corrected chi connectivity index (χ3v) is 4.89. The van der Waals surface area contributed by atoms with Gasteiger partial charge in [0.05, 0.1) is 27.5 Å². The van der Waals surface area contributed by atoms with Gasteiger partial charge >= 0.3 is 5.91 Å². The number of amides is 1. The topological polar surface area (TPSA) is 41.8 Å². The Kier molecular flexibility index (Phi) is 4.04. The van der Waals surface area contributed by atoms with Crippen LogP contribution in [0.4, 0.5) is 5.69 Å². The van der Waals surface area contributed by atoms with Crippen molar-refractivity contribution in [2.75, 3.05) is 18.6 Å². The third-order valence-electron chi connectivity index (χ3n) is 3.66. The zero-order valence-electron chi connectivity index (χ0n) is 12.4. The van der Waals surface area contributed by atoms with Crippen LogP contribution in [0.2, 0.25) is 4.34 Å². The summed E-state index contributed by atoms with van der Waals surface area (Å²) in [5, 5.41) is 0. The van der Waals surface area contributed by atoms with Crippen LogP contribution in [0.3, 0.4) is 0 Å². The molecule has 22 heavy (non-hydrogen) atoms. The Balaban J connectivity index is 1.78. The number of hydrogen-bond acceptors (Lipinski definition) is 3. The highest BCUT2D eigenvalue weighted by Gasteiger charge is 2.37. The maximum atomic E-state index is 12.2. The monoisotopic (exact) mass is 335 g/mol. The Morgan fingerprint density at radius 2 is 2.00 bits per heavy atom. The number of nitrogens with one attached hydrogen (secondary N) is 1. The molecule has 114 valence electrons. The number of quaternary nitrogens is 1. The number of carbonyl (C=O) groups excluding carboxylic acids is 2. The lowest BCUT2D eigenvalue weighted by Gasteiger charge is -2.21. The van der Waals surface area contributed by atoms with Gasteiger partial charge in [0.25, 0.3) is 5.78 Å². The van der Waals surface area contributed by atoms with E-state index in [1.807, 2.05) is 38.2 Å². The second-order valence-electron chi connectivity index (χ2n) is 5.58. The van der Waals surface area contributed by atoms with Gasteiger partial charge in [0.2, 0.25) is 0 Å². The molecular weight excluding hydrogens is 320 g/mol. The van der Waals surface area contributed by atoms with Crippen LogP contribution in [0.25, 0.3) is 0 Å². The first-order chi connectivity index (χ1) is 10.5. The number of ketones is 1. The number of nitrogens with zero attached hydrogens (tertiary/aromatic N) is 1. The first-order valence-corrected chi connectivity index (χ1v) is 8.17. The van der Waals surface area contributed by atoms with Crippen LogP contribution in [0.5, 0.6) is 0 Å². The van der Waals surface area contributed by atoms with Crippen LogP contribution >= 0.6 is 22.9 Å². The second kappa shape index (κ2) is 5.83. The summed E-state index contributed by atoms with van der Waals surface area (Å²) in [5.41, 5.74) is 2.21. The molecule has 0 saturated carbocycles. The van der Waals surface area contributed by atoms with Gasteiger partial charge in [-0.25, -0.2) is 0 Å². The first-order valence-electron chi connectivity index (χ1n) is 6.98. The Bertz CT molecular complexity index is 756. The zero-order chi connectivity index (χ0) is 15.9. The number of benzene rings is 1. The first kappa shape index (κ1) is 15.2. The predicted octanol–water partition coefficient (Wildman–Crippen LogP) is 1.91. The summed E-state index contributed by atoms with van der Waals surface area (Å²) in [5.74, 6) is -0.852. The quantitative estimate of drug-likeness (QED) is 0.867. The van der Waals surface area contributed by atoms with Crippen molar-refractivity contribution >= 4 is 40.3 Å². The lowest BCUT2D eigenvalue weighted by atomic mass is 10.1. The molecule has 1 aromatic heterocycles. The van der Waals surface area contributed by atoms with E-state index in [0.717, 1.165) is 26.2 Å². The number of Topliss-reactive ketones (excluding diaryl/α,β-unsaturated/α-hetero) is 1. The minimum atomic E-state index is -0.441. The van der Waals surface area contributed by atoms with Gasteiger partial charge in [0.1, 0.15) is 6.54 Å². The van der Waals surface area contributed by atoms with E-state index in [4.69, 9.17) is 11.6 Å². The molecule has 0 aliphatic carbocycles. The largest absolute Gasteiger partial charge is 0.315 e. The van der Waals surface area contributed by atoms with Crippen molar-refractivity contribution in [1.82, 2.24) is 0 Å². The summed E-state index contributed by atoms with van der Waals surface area (Å²) >= 11 is 7.48. The molecule has 1 amide bonds. The van der Waals surface area contributed by atoms with Crippen molar-refractivity contribution in [1.29, 1.82) is 0 Å². The minimum absolute atomic E-state index is 0.411. The predicted molar refractivity (Wildman–Crippen MR) is 87.8 cm³/mol. The van der Waals surface area contributed by atoms with Gasteiger partial charge < -0.3 is 4.90 Å². The van der Waals surface area contributed by atoms with E-state index in [9.17, 15) is 9.59 Å². The van der Waals surface area contributed by atoms with Crippen molar-refractivity contribution < 1.29 is 14.5 Å². The summed E-state index contributed by atoms with van der Waals surface area (Å²) in [4.78, 5) is 28.1. The number of anilines is 1. The maximum absolute atomic E-state index is 12.2. The standard InChI is InChI=1S/C16H15ClN2O2S/c1-10-3-5-13-12(7-10)15(20)16(21)19(13)9-18(2)8-11-4-6-14(17)22-11/h3-7H,8-9H2,1-2H3/p+1. The van der Waals surface area contributed by atoms with Crippen LogP contribution in [0, 0.1) is 6.92 Å². The number of halogens is 1. The van der Waals surface area contributed by atoms with Crippen molar-refractivity contribution in [3.8, 4) is 0 Å². The van der Waals surface area contributed by atoms with Crippen LogP contribution in [-0.4, -0.2) is 25.4 Å². The van der Waals surface area contributed by atoms with E-state index in [0.29, 0.717) is 17.9 Å². The number of fused-ring (bicyclic) bond motifs is 1. The van der Waals surface area contributed by atoms with Gasteiger partial charge in [-0.05, 0) is 31.2 Å². The van der Waals surface area contributed by atoms with Crippen LogP contribution < -0.4 is 9.80 Å². The molecule has 0 bridgehead atoms. The Morgan fingerprint density at radius 3 is 2.68 bits per heavy atom. The number of thiophene rings is 1. The van der Waals surface area contributed by atoms with E-state index >= 15 is 0 Å². The average Bonchev–Trinajstić information content (AvgIpc) is 2.96. The van der Waals surface area contributed by atoms with Crippen molar-refractivity contribution in [2.24, 2.45) is 0 Å². The van der Waals surface area contributed by atoms with Gasteiger partial charge in [0.15, 0.2) is 6.67 Å². The van der Waals surface area contributed by atoms with Gasteiger partial charge in [-0.3, -0.25) is 14.5 Å². The maximum Gasteiger partial charge on any atom is 0.303 e. The van der Waals surface area contributed by atoms with Crippen molar-refractivity contribution in [3.63, 3.8) is 0 Å². The summed E-state index contributed by atoms with van der Waals surface area (Å²) in [6.07, 6.45) is 0.